The Bertz CT molecular complexity index is 1150. The molecule has 0 aliphatic rings. The van der Waals surface area contributed by atoms with E-state index in [1.165, 1.54) is 0 Å². The highest BCUT2D eigenvalue weighted by Gasteiger charge is 2.11. The number of nitrogens with one attached hydrogen (secondary N) is 3. The number of fused-ring (bicyclic) bond motifs is 1. The van der Waals surface area contributed by atoms with E-state index >= 15 is 0 Å². The van der Waals surface area contributed by atoms with Gasteiger partial charge in [-0.1, -0.05) is 24.3 Å². The molecule has 2 amide bonds. The monoisotopic (exact) mass is 400 g/mol. The van der Waals surface area contributed by atoms with Crippen LogP contribution in [0, 0.1) is 0 Å². The van der Waals surface area contributed by atoms with Crippen molar-refractivity contribution in [1.29, 1.82) is 0 Å². The first-order valence-corrected chi connectivity index (χ1v) is 9.45. The molecule has 0 aliphatic carbocycles. The summed E-state index contributed by atoms with van der Waals surface area (Å²) < 4.78 is 5.67. The smallest absolute Gasteiger partial charge is 0.269 e. The fraction of sp³-hybridized carbons (Fsp3) is 0.0870. The van der Waals surface area contributed by atoms with E-state index in [1.54, 1.807) is 42.9 Å². The number of hydrogen-bond acceptors (Lipinski definition) is 4. The molecule has 0 aliphatic heterocycles. The summed E-state index contributed by atoms with van der Waals surface area (Å²) in [7, 11) is 0. The van der Waals surface area contributed by atoms with Crippen LogP contribution in [0.2, 0.25) is 0 Å². The van der Waals surface area contributed by atoms with E-state index in [1.807, 2.05) is 36.4 Å². The van der Waals surface area contributed by atoms with Crippen molar-refractivity contribution in [2.24, 2.45) is 0 Å². The van der Waals surface area contributed by atoms with Crippen LogP contribution in [0.25, 0.3) is 10.9 Å². The second-order valence-electron chi connectivity index (χ2n) is 6.71. The average molecular weight is 400 g/mol. The molecule has 3 N–H and O–H groups in total. The van der Waals surface area contributed by atoms with Crippen molar-refractivity contribution in [3.8, 4) is 5.75 Å². The minimum absolute atomic E-state index is 0.158. The lowest BCUT2D eigenvalue weighted by molar-refractivity contribution is -0.121. The van der Waals surface area contributed by atoms with Gasteiger partial charge in [-0.2, -0.15) is 0 Å². The van der Waals surface area contributed by atoms with Gasteiger partial charge in [-0.25, -0.2) is 0 Å². The lowest BCUT2D eigenvalue weighted by Crippen LogP contribution is -2.42. The number of ether oxygens (including phenoxy) is 1. The standard InChI is InChI=1S/C23H20N4O3/c28-22(12-18-14-25-21-6-2-1-5-20(18)21)26-27-23(29)17-7-9-19(10-8-17)30-15-16-4-3-11-24-13-16/h1-11,13-14,25H,12,15H2,(H,26,28)(H,27,29). The minimum atomic E-state index is -0.402. The molecule has 0 bridgehead atoms. The summed E-state index contributed by atoms with van der Waals surface area (Å²) in [5.74, 6) is -0.0654. The Kier molecular flexibility index (Phi) is 5.70. The summed E-state index contributed by atoms with van der Waals surface area (Å²) in [5, 5.41) is 0.987. The number of H-pyrrole nitrogens is 1. The number of aromatic nitrogens is 2. The van der Waals surface area contributed by atoms with Gasteiger partial charge in [-0.3, -0.25) is 25.4 Å². The molecular weight excluding hydrogens is 380 g/mol. The first-order chi connectivity index (χ1) is 14.7. The third kappa shape index (κ3) is 4.64. The number of pyridine rings is 1. The Balaban J connectivity index is 1.27. The third-order valence-electron chi connectivity index (χ3n) is 4.59. The molecule has 0 atom stereocenters. The van der Waals surface area contributed by atoms with Crippen LogP contribution < -0.4 is 15.6 Å². The van der Waals surface area contributed by atoms with Gasteiger partial charge in [0.2, 0.25) is 5.91 Å². The molecule has 0 radical (unpaired) electrons. The van der Waals surface area contributed by atoms with Crippen LogP contribution in [-0.2, 0) is 17.8 Å². The summed E-state index contributed by atoms with van der Waals surface area (Å²) in [6.45, 7) is 0.392. The fourth-order valence-corrected chi connectivity index (χ4v) is 3.05. The van der Waals surface area contributed by atoms with Gasteiger partial charge in [0.1, 0.15) is 12.4 Å². The molecule has 2 aromatic heterocycles. The van der Waals surface area contributed by atoms with Crippen molar-refractivity contribution in [2.45, 2.75) is 13.0 Å². The van der Waals surface area contributed by atoms with E-state index in [-0.39, 0.29) is 12.3 Å². The number of carbonyl (C=O) groups is 2. The maximum Gasteiger partial charge on any atom is 0.269 e. The minimum Gasteiger partial charge on any atom is -0.489 e. The zero-order valence-corrected chi connectivity index (χ0v) is 16.1. The molecule has 2 heterocycles. The van der Waals surface area contributed by atoms with E-state index in [9.17, 15) is 9.59 Å². The first-order valence-electron chi connectivity index (χ1n) is 9.45. The first kappa shape index (κ1) is 19.2. The second-order valence-corrected chi connectivity index (χ2v) is 6.71. The Morgan fingerprint density at radius 3 is 2.60 bits per heavy atom. The van der Waals surface area contributed by atoms with Crippen molar-refractivity contribution in [2.75, 3.05) is 0 Å². The number of hydrazine groups is 1. The SMILES string of the molecule is O=C(Cc1c[nH]c2ccccc12)NNC(=O)c1ccc(OCc2cccnc2)cc1. The molecule has 0 saturated carbocycles. The lowest BCUT2D eigenvalue weighted by atomic mass is 10.1. The quantitative estimate of drug-likeness (QED) is 0.433. The van der Waals surface area contributed by atoms with E-state index < -0.39 is 5.91 Å². The van der Waals surface area contributed by atoms with Gasteiger partial charge in [0.05, 0.1) is 6.42 Å². The number of para-hydroxylation sites is 1. The number of rotatable bonds is 6. The van der Waals surface area contributed by atoms with Crippen LogP contribution in [0.1, 0.15) is 21.5 Å². The summed E-state index contributed by atoms with van der Waals surface area (Å²) in [5.41, 5.74) is 8.10. The molecule has 0 unspecified atom stereocenters. The van der Waals surface area contributed by atoms with Crippen molar-refractivity contribution in [1.82, 2.24) is 20.8 Å². The van der Waals surface area contributed by atoms with Gasteiger partial charge in [-0.05, 0) is 42.0 Å². The molecule has 4 rings (SSSR count). The maximum atomic E-state index is 12.3. The Morgan fingerprint density at radius 2 is 1.80 bits per heavy atom. The molecule has 30 heavy (non-hydrogen) atoms. The normalized spacial score (nSPS) is 10.5. The molecule has 0 spiro atoms. The highest BCUT2D eigenvalue weighted by Crippen LogP contribution is 2.18. The van der Waals surface area contributed by atoms with Crippen molar-refractivity contribution < 1.29 is 14.3 Å². The van der Waals surface area contributed by atoms with Crippen LogP contribution in [0.3, 0.4) is 0 Å². The van der Waals surface area contributed by atoms with Crippen LogP contribution >= 0.6 is 0 Å². The van der Waals surface area contributed by atoms with Crippen molar-refractivity contribution in [3.63, 3.8) is 0 Å². The highest BCUT2D eigenvalue weighted by atomic mass is 16.5. The number of hydrogen-bond donors (Lipinski definition) is 3. The number of aromatic amines is 1. The molecule has 2 aromatic carbocycles. The Labute approximate surface area is 173 Å². The topological polar surface area (TPSA) is 96.1 Å². The third-order valence-corrected chi connectivity index (χ3v) is 4.59. The van der Waals surface area contributed by atoms with Crippen molar-refractivity contribution in [3.05, 3.63) is 95.9 Å². The number of carbonyl (C=O) groups excluding carboxylic acids is 2. The fourth-order valence-electron chi connectivity index (χ4n) is 3.05. The predicted octanol–water partition coefficient (Wildman–Crippen LogP) is 3.15. The van der Waals surface area contributed by atoms with E-state index in [0.29, 0.717) is 17.9 Å². The summed E-state index contributed by atoms with van der Waals surface area (Å²) in [4.78, 5) is 31.6. The van der Waals surface area contributed by atoms with Crippen molar-refractivity contribution >= 4 is 22.7 Å². The van der Waals surface area contributed by atoms with E-state index in [0.717, 1.165) is 22.0 Å². The molecule has 4 aromatic rings. The van der Waals surface area contributed by atoms with Gasteiger partial charge in [0.15, 0.2) is 0 Å². The largest absolute Gasteiger partial charge is 0.489 e. The van der Waals surface area contributed by atoms with Crippen LogP contribution in [-0.4, -0.2) is 21.8 Å². The molecule has 150 valence electrons. The lowest BCUT2D eigenvalue weighted by Gasteiger charge is -2.09. The molecule has 0 saturated heterocycles. The maximum absolute atomic E-state index is 12.3. The van der Waals surface area contributed by atoms with Crippen LogP contribution in [0.5, 0.6) is 5.75 Å². The Morgan fingerprint density at radius 1 is 0.967 bits per heavy atom. The van der Waals surface area contributed by atoms with Gasteiger partial charge >= 0.3 is 0 Å². The number of amides is 2. The number of benzene rings is 2. The van der Waals surface area contributed by atoms with E-state index in [2.05, 4.69) is 20.8 Å². The summed E-state index contributed by atoms with van der Waals surface area (Å²) in [6.07, 6.45) is 5.40. The molecule has 7 nitrogen and oxygen atoms in total. The molecular formula is C23H20N4O3. The van der Waals surface area contributed by atoms with Gasteiger partial charge in [0, 0.05) is 40.6 Å². The highest BCUT2D eigenvalue weighted by molar-refractivity contribution is 5.96. The van der Waals surface area contributed by atoms with E-state index in [4.69, 9.17) is 4.74 Å². The average Bonchev–Trinajstić information content (AvgIpc) is 3.20. The molecule has 7 heteroatoms. The zero-order chi connectivity index (χ0) is 20.8. The van der Waals surface area contributed by atoms with Gasteiger partial charge in [0.25, 0.3) is 5.91 Å². The summed E-state index contributed by atoms with van der Waals surface area (Å²) in [6, 6.07) is 18.2. The predicted molar refractivity (Wildman–Crippen MR) is 113 cm³/mol. The van der Waals surface area contributed by atoms with Gasteiger partial charge < -0.3 is 9.72 Å². The molecule has 0 fully saturated rings. The van der Waals surface area contributed by atoms with Gasteiger partial charge in [-0.15, -0.1) is 0 Å². The summed E-state index contributed by atoms with van der Waals surface area (Å²) >= 11 is 0. The zero-order valence-electron chi connectivity index (χ0n) is 16.1. The van der Waals surface area contributed by atoms with Crippen LogP contribution in [0.15, 0.2) is 79.3 Å². The number of nitrogens with zero attached hydrogens (tertiary/aromatic N) is 1. The Hall–Kier alpha value is -4.13. The second kappa shape index (κ2) is 8.91. The van der Waals surface area contributed by atoms with Crippen LogP contribution in [0.4, 0.5) is 0 Å².